The fourth-order valence-electron chi connectivity index (χ4n) is 1.46. The third-order valence-corrected chi connectivity index (χ3v) is 5.73. The van der Waals surface area contributed by atoms with Gasteiger partial charge in [-0.05, 0) is 25.7 Å². The van der Waals surface area contributed by atoms with Gasteiger partial charge in [-0.15, -0.1) is 0 Å². The number of nitrogens with zero attached hydrogens (tertiary/aromatic N) is 2. The Morgan fingerprint density at radius 2 is 2.23 bits per heavy atom. The molecule has 4 nitrogen and oxygen atoms in total. The zero-order valence-electron chi connectivity index (χ0n) is 11.9. The van der Waals surface area contributed by atoms with Crippen molar-refractivity contribution in [1.82, 2.24) is 4.98 Å². The van der Waals surface area contributed by atoms with Crippen molar-refractivity contribution >= 4 is 28.2 Å². The van der Waals surface area contributed by atoms with Gasteiger partial charge < -0.3 is 9.39 Å². The molecule has 0 bridgehead atoms. The molecule has 0 aromatic carbocycles. The van der Waals surface area contributed by atoms with Gasteiger partial charge in [-0.1, -0.05) is 16.5 Å². The van der Waals surface area contributed by atoms with Crippen molar-refractivity contribution in [1.29, 1.82) is 0 Å². The highest BCUT2D eigenvalue weighted by atomic mass is 32.2. The molecule has 1 aromatic rings. The summed E-state index contributed by atoms with van der Waals surface area (Å²) in [6.45, 7) is 2.34. The largest absolute Gasteiger partial charge is 0.610 e. The van der Waals surface area contributed by atoms with Gasteiger partial charge in [0.25, 0.3) is 0 Å². The second-order valence-electron chi connectivity index (χ2n) is 4.87. The summed E-state index contributed by atoms with van der Waals surface area (Å²) in [5.74, 6) is -1.17. The molecule has 1 atom stereocenters. The SMILES string of the molecule is C/C(=N\OCC1CC1)c1cnc([S+]([O-])CCC(F)=C(F)F)s1. The van der Waals surface area contributed by atoms with Crippen LogP contribution in [0.2, 0.25) is 0 Å². The summed E-state index contributed by atoms with van der Waals surface area (Å²) in [5.41, 5.74) is 0.613. The van der Waals surface area contributed by atoms with Crippen LogP contribution < -0.4 is 0 Å². The molecule has 1 fully saturated rings. The van der Waals surface area contributed by atoms with Crippen LogP contribution in [0.5, 0.6) is 0 Å². The molecule has 1 saturated carbocycles. The Labute approximate surface area is 133 Å². The van der Waals surface area contributed by atoms with Gasteiger partial charge in [0.1, 0.15) is 12.4 Å². The van der Waals surface area contributed by atoms with E-state index in [2.05, 4.69) is 10.1 Å². The first-order valence-corrected chi connectivity index (χ1v) is 8.81. The highest BCUT2D eigenvalue weighted by Crippen LogP contribution is 2.29. The number of oxime groups is 1. The summed E-state index contributed by atoms with van der Waals surface area (Å²) in [6, 6.07) is 0. The van der Waals surface area contributed by atoms with Crippen LogP contribution in [-0.4, -0.2) is 27.6 Å². The Morgan fingerprint density at radius 1 is 1.50 bits per heavy atom. The molecule has 1 aliphatic carbocycles. The summed E-state index contributed by atoms with van der Waals surface area (Å²) in [7, 11) is 0. The molecule has 22 heavy (non-hydrogen) atoms. The molecular formula is C13H15F3N2O2S2. The lowest BCUT2D eigenvalue weighted by atomic mass is 10.4. The van der Waals surface area contributed by atoms with E-state index in [0.717, 1.165) is 11.3 Å². The first-order chi connectivity index (χ1) is 10.5. The Balaban J connectivity index is 1.87. The van der Waals surface area contributed by atoms with Gasteiger partial charge in [-0.25, -0.2) is 4.39 Å². The molecule has 0 radical (unpaired) electrons. The Morgan fingerprint density at radius 3 is 2.86 bits per heavy atom. The number of allylic oxidation sites excluding steroid dienone is 1. The number of thiazole rings is 1. The fraction of sp³-hybridized carbons (Fsp3) is 0.538. The maximum atomic E-state index is 12.7. The number of hydrogen-bond acceptors (Lipinski definition) is 5. The first-order valence-electron chi connectivity index (χ1n) is 6.68. The Hall–Kier alpha value is -1.06. The monoisotopic (exact) mass is 352 g/mol. The third kappa shape index (κ3) is 5.29. The molecule has 9 heteroatoms. The molecule has 1 heterocycles. The summed E-state index contributed by atoms with van der Waals surface area (Å²) in [6.07, 6.45) is 0.902. The maximum Gasteiger partial charge on any atom is 0.302 e. The van der Waals surface area contributed by atoms with E-state index in [4.69, 9.17) is 4.84 Å². The zero-order valence-corrected chi connectivity index (χ0v) is 13.5. The van der Waals surface area contributed by atoms with Crippen molar-refractivity contribution in [2.24, 2.45) is 11.1 Å². The summed E-state index contributed by atoms with van der Waals surface area (Å²) < 4.78 is 48.7. The molecule has 122 valence electrons. The molecule has 1 aliphatic rings. The van der Waals surface area contributed by atoms with Gasteiger partial charge in [0.05, 0.1) is 23.2 Å². The van der Waals surface area contributed by atoms with Crippen LogP contribution >= 0.6 is 11.3 Å². The minimum atomic E-state index is -2.37. The van der Waals surface area contributed by atoms with Gasteiger partial charge in [-0.3, -0.25) is 0 Å². The molecule has 1 unspecified atom stereocenters. The molecule has 0 spiro atoms. The van der Waals surface area contributed by atoms with Crippen LogP contribution in [0, 0.1) is 5.92 Å². The topological polar surface area (TPSA) is 57.5 Å². The van der Waals surface area contributed by atoms with Gasteiger partial charge in [0.15, 0.2) is 5.83 Å². The third-order valence-electron chi connectivity index (χ3n) is 2.96. The average Bonchev–Trinajstić information content (AvgIpc) is 3.17. The van der Waals surface area contributed by atoms with E-state index < -0.39 is 29.5 Å². The second-order valence-corrected chi connectivity index (χ2v) is 7.65. The normalized spacial score (nSPS) is 16.5. The molecule has 0 amide bonds. The van der Waals surface area contributed by atoms with Gasteiger partial charge >= 0.3 is 10.4 Å². The van der Waals surface area contributed by atoms with Crippen molar-refractivity contribution in [3.63, 3.8) is 0 Å². The van der Waals surface area contributed by atoms with Crippen molar-refractivity contribution < 1.29 is 22.6 Å². The van der Waals surface area contributed by atoms with E-state index in [9.17, 15) is 17.7 Å². The Kier molecular flexibility index (Phi) is 6.27. The van der Waals surface area contributed by atoms with E-state index >= 15 is 0 Å². The standard InChI is InChI=1S/C13H15F3N2O2S2/c1-8(18-20-7-9-2-3-9)11-6-17-13(21-11)22(19)5-4-10(14)12(15)16/h6,9H,2-5,7H2,1H3/b18-8+. The predicted molar refractivity (Wildman–Crippen MR) is 79.2 cm³/mol. The molecular weight excluding hydrogens is 337 g/mol. The lowest BCUT2D eigenvalue weighted by Gasteiger charge is -2.05. The zero-order chi connectivity index (χ0) is 16.1. The van der Waals surface area contributed by atoms with E-state index in [1.807, 2.05) is 0 Å². The molecule has 2 rings (SSSR count). The van der Waals surface area contributed by atoms with Crippen LogP contribution in [0.15, 0.2) is 27.6 Å². The van der Waals surface area contributed by atoms with Gasteiger partial charge in [0.2, 0.25) is 0 Å². The van der Waals surface area contributed by atoms with E-state index in [-0.39, 0.29) is 10.1 Å². The van der Waals surface area contributed by atoms with Gasteiger partial charge in [0, 0.05) is 11.2 Å². The highest BCUT2D eigenvalue weighted by Gasteiger charge is 2.22. The van der Waals surface area contributed by atoms with Crippen LogP contribution in [0.4, 0.5) is 13.2 Å². The minimum absolute atomic E-state index is 0.232. The van der Waals surface area contributed by atoms with Crippen molar-refractivity contribution in [3.05, 3.63) is 23.0 Å². The summed E-state index contributed by atoms with van der Waals surface area (Å²) >= 11 is -0.480. The van der Waals surface area contributed by atoms with Crippen molar-refractivity contribution in [3.8, 4) is 0 Å². The quantitative estimate of drug-likeness (QED) is 0.405. The lowest BCUT2D eigenvalue weighted by Crippen LogP contribution is -2.06. The molecule has 0 saturated heterocycles. The Bertz CT molecular complexity index is 569. The molecule has 1 aromatic heterocycles. The fourth-order valence-corrected chi connectivity index (χ4v) is 3.65. The van der Waals surface area contributed by atoms with Crippen LogP contribution in [0.3, 0.4) is 0 Å². The molecule has 0 N–H and O–H groups in total. The van der Waals surface area contributed by atoms with E-state index in [1.165, 1.54) is 19.0 Å². The van der Waals surface area contributed by atoms with E-state index in [0.29, 0.717) is 23.1 Å². The molecule has 0 aliphatic heterocycles. The first kappa shape index (κ1) is 17.3. The number of rotatable bonds is 8. The summed E-state index contributed by atoms with van der Waals surface area (Å²) in [4.78, 5) is 9.86. The smallest absolute Gasteiger partial charge is 0.302 e. The second kappa shape index (κ2) is 7.98. The maximum absolute atomic E-state index is 12.7. The average molecular weight is 352 g/mol. The summed E-state index contributed by atoms with van der Waals surface area (Å²) in [5, 5.41) is 3.97. The number of hydrogen-bond donors (Lipinski definition) is 0. The van der Waals surface area contributed by atoms with Crippen molar-refractivity contribution in [2.75, 3.05) is 12.4 Å². The lowest BCUT2D eigenvalue weighted by molar-refractivity contribution is 0.134. The minimum Gasteiger partial charge on any atom is -0.610 e. The van der Waals surface area contributed by atoms with Crippen molar-refractivity contribution in [2.45, 2.75) is 30.5 Å². The van der Waals surface area contributed by atoms with E-state index in [1.54, 1.807) is 6.92 Å². The highest BCUT2D eigenvalue weighted by molar-refractivity contribution is 7.93. The van der Waals surface area contributed by atoms with Crippen LogP contribution in [-0.2, 0) is 16.0 Å². The van der Waals surface area contributed by atoms with Crippen LogP contribution in [0.25, 0.3) is 0 Å². The van der Waals surface area contributed by atoms with Gasteiger partial charge in [-0.2, -0.15) is 13.8 Å². The van der Waals surface area contributed by atoms with Crippen LogP contribution in [0.1, 0.15) is 31.1 Å². The predicted octanol–water partition coefficient (Wildman–Crippen LogP) is 3.87. The number of aromatic nitrogens is 1. The number of halogens is 3.